The lowest BCUT2D eigenvalue weighted by Gasteiger charge is -2.06. The smallest absolute Gasteiger partial charge is 0.346 e. The van der Waals surface area contributed by atoms with Gasteiger partial charge in [-0.3, -0.25) is 0 Å². The molecule has 1 aromatic carbocycles. The maximum atomic E-state index is 13.9. The quantitative estimate of drug-likeness (QED) is 0.772. The third-order valence-corrected chi connectivity index (χ3v) is 4.07. The van der Waals surface area contributed by atoms with E-state index in [1.54, 1.807) is 12.1 Å². The maximum Gasteiger partial charge on any atom is 0.346 e. The van der Waals surface area contributed by atoms with Crippen molar-refractivity contribution in [2.45, 2.75) is 13.5 Å². The normalized spacial score (nSPS) is 11.1. The summed E-state index contributed by atoms with van der Waals surface area (Å²) in [5, 5.41) is 12.7. The van der Waals surface area contributed by atoms with Crippen LogP contribution >= 0.6 is 11.3 Å². The van der Waals surface area contributed by atoms with Gasteiger partial charge in [0.15, 0.2) is 0 Å². The molecule has 2 N–H and O–H groups in total. The molecule has 108 valence electrons. The fourth-order valence-corrected chi connectivity index (χ4v) is 3.08. The van der Waals surface area contributed by atoms with Gasteiger partial charge in [0.25, 0.3) is 0 Å². The Labute approximate surface area is 120 Å². The molecule has 4 nitrogen and oxygen atoms in total. The number of thiophene rings is 1. The van der Waals surface area contributed by atoms with Gasteiger partial charge in [-0.1, -0.05) is 6.07 Å². The Morgan fingerprint density at radius 2 is 2.30 bits per heavy atom. The summed E-state index contributed by atoms with van der Waals surface area (Å²) < 4.78 is 19.8. The van der Waals surface area contributed by atoms with Crippen molar-refractivity contribution in [3.63, 3.8) is 0 Å². The first-order chi connectivity index (χ1) is 9.65. The average Bonchev–Trinajstić information content (AvgIpc) is 2.79. The van der Waals surface area contributed by atoms with Gasteiger partial charge in [0.1, 0.15) is 10.7 Å². The highest BCUT2D eigenvalue weighted by Gasteiger charge is 2.19. The average molecular weight is 297 g/mol. The minimum absolute atomic E-state index is 0.189. The first-order valence-electron chi connectivity index (χ1n) is 6.36. The highest BCUT2D eigenvalue weighted by molar-refractivity contribution is 7.21. The summed E-state index contributed by atoms with van der Waals surface area (Å²) in [6.45, 7) is 4.00. The molecule has 1 heterocycles. The van der Waals surface area contributed by atoms with E-state index < -0.39 is 5.97 Å². The number of halogens is 1. The number of carboxylic acids is 1. The highest BCUT2D eigenvalue weighted by atomic mass is 32.1. The molecule has 0 unspecified atom stereocenters. The van der Waals surface area contributed by atoms with Crippen molar-refractivity contribution >= 4 is 27.4 Å². The van der Waals surface area contributed by atoms with Crippen molar-refractivity contribution in [1.29, 1.82) is 0 Å². The molecule has 2 aromatic rings. The molecular formula is C14H16FNO3S. The molecule has 0 radical (unpaired) electrons. The Morgan fingerprint density at radius 3 is 3.00 bits per heavy atom. The number of aromatic carboxylic acids is 1. The predicted octanol–water partition coefficient (Wildman–Crippen LogP) is 2.86. The lowest BCUT2D eigenvalue weighted by atomic mass is 10.1. The number of fused-ring (bicyclic) bond motifs is 1. The van der Waals surface area contributed by atoms with Gasteiger partial charge >= 0.3 is 5.97 Å². The van der Waals surface area contributed by atoms with Crippen LogP contribution in [0.5, 0.6) is 0 Å². The van der Waals surface area contributed by atoms with Crippen LogP contribution in [0.1, 0.15) is 22.2 Å². The van der Waals surface area contributed by atoms with Gasteiger partial charge in [-0.15, -0.1) is 11.3 Å². The van der Waals surface area contributed by atoms with Crippen molar-refractivity contribution in [3.05, 3.63) is 34.5 Å². The minimum atomic E-state index is -1.02. The minimum Gasteiger partial charge on any atom is -0.477 e. The van der Waals surface area contributed by atoms with Crippen LogP contribution in [0.2, 0.25) is 0 Å². The SMILES string of the molecule is CCOCCNCc1c(C(=O)O)sc2cccc(F)c12. The topological polar surface area (TPSA) is 58.6 Å². The molecule has 0 aliphatic carbocycles. The van der Waals surface area contributed by atoms with Crippen molar-refractivity contribution < 1.29 is 19.0 Å². The van der Waals surface area contributed by atoms with E-state index in [-0.39, 0.29) is 10.7 Å². The van der Waals surface area contributed by atoms with E-state index in [1.165, 1.54) is 6.07 Å². The van der Waals surface area contributed by atoms with Gasteiger partial charge in [0, 0.05) is 35.3 Å². The molecule has 0 fully saturated rings. The zero-order chi connectivity index (χ0) is 14.5. The van der Waals surface area contributed by atoms with Crippen LogP contribution < -0.4 is 5.32 Å². The standard InChI is InChI=1S/C14H16FNO3S/c1-2-19-7-6-16-8-9-12-10(15)4-3-5-11(12)20-13(9)14(17)18/h3-5,16H,2,6-8H2,1H3,(H,17,18). The van der Waals surface area contributed by atoms with Crippen LogP contribution in [0.25, 0.3) is 10.1 Å². The second-order valence-electron chi connectivity index (χ2n) is 4.20. The van der Waals surface area contributed by atoms with Gasteiger partial charge in [-0.25, -0.2) is 9.18 Å². The molecule has 0 atom stereocenters. The summed E-state index contributed by atoms with van der Waals surface area (Å²) >= 11 is 1.10. The molecule has 0 aliphatic rings. The van der Waals surface area contributed by atoms with Gasteiger partial charge in [-0.2, -0.15) is 0 Å². The third-order valence-electron chi connectivity index (χ3n) is 2.89. The van der Waals surface area contributed by atoms with Gasteiger partial charge in [0.05, 0.1) is 6.61 Å². The second kappa shape index (κ2) is 6.78. The fourth-order valence-electron chi connectivity index (χ4n) is 2.01. The number of hydrogen-bond donors (Lipinski definition) is 2. The van der Waals surface area contributed by atoms with Gasteiger partial charge in [0.2, 0.25) is 0 Å². The molecule has 0 saturated carbocycles. The van der Waals surface area contributed by atoms with E-state index in [0.717, 1.165) is 11.3 Å². The van der Waals surface area contributed by atoms with E-state index in [4.69, 9.17) is 4.74 Å². The predicted molar refractivity (Wildman–Crippen MR) is 76.9 cm³/mol. The van der Waals surface area contributed by atoms with E-state index >= 15 is 0 Å². The molecule has 0 amide bonds. The van der Waals surface area contributed by atoms with Crippen LogP contribution in [0.3, 0.4) is 0 Å². The van der Waals surface area contributed by atoms with E-state index in [0.29, 0.717) is 42.0 Å². The van der Waals surface area contributed by atoms with E-state index in [1.807, 2.05) is 6.92 Å². The van der Waals surface area contributed by atoms with Crippen molar-refractivity contribution in [2.75, 3.05) is 19.8 Å². The van der Waals surface area contributed by atoms with Crippen LogP contribution in [0.4, 0.5) is 4.39 Å². The number of hydrogen-bond acceptors (Lipinski definition) is 4. The van der Waals surface area contributed by atoms with Crippen molar-refractivity contribution in [2.24, 2.45) is 0 Å². The number of rotatable bonds is 7. The van der Waals surface area contributed by atoms with Crippen molar-refractivity contribution in [3.8, 4) is 0 Å². The zero-order valence-electron chi connectivity index (χ0n) is 11.1. The van der Waals surface area contributed by atoms with Crippen LogP contribution in [0.15, 0.2) is 18.2 Å². The van der Waals surface area contributed by atoms with E-state index in [2.05, 4.69) is 5.32 Å². The number of ether oxygens (including phenoxy) is 1. The van der Waals surface area contributed by atoms with Crippen LogP contribution in [0, 0.1) is 5.82 Å². The van der Waals surface area contributed by atoms with Crippen LogP contribution in [-0.4, -0.2) is 30.8 Å². The summed E-state index contributed by atoms with van der Waals surface area (Å²) in [5.74, 6) is -1.40. The lowest BCUT2D eigenvalue weighted by Crippen LogP contribution is -2.20. The number of benzene rings is 1. The Hall–Kier alpha value is -1.50. The number of nitrogens with one attached hydrogen (secondary N) is 1. The second-order valence-corrected chi connectivity index (χ2v) is 5.25. The van der Waals surface area contributed by atoms with Gasteiger partial charge in [-0.05, 0) is 19.1 Å². The Kier molecular flexibility index (Phi) is 5.05. The summed E-state index contributed by atoms with van der Waals surface area (Å²) in [5.41, 5.74) is 0.507. The van der Waals surface area contributed by atoms with Crippen LogP contribution in [-0.2, 0) is 11.3 Å². The number of carbonyl (C=O) groups is 1. The molecule has 2 rings (SSSR count). The Bertz CT molecular complexity index is 612. The Balaban J connectivity index is 2.24. The first-order valence-corrected chi connectivity index (χ1v) is 7.18. The van der Waals surface area contributed by atoms with E-state index in [9.17, 15) is 14.3 Å². The molecular weight excluding hydrogens is 281 g/mol. The largest absolute Gasteiger partial charge is 0.477 e. The monoisotopic (exact) mass is 297 g/mol. The molecule has 1 aromatic heterocycles. The summed E-state index contributed by atoms with van der Waals surface area (Å²) in [4.78, 5) is 11.5. The molecule has 6 heteroatoms. The summed E-state index contributed by atoms with van der Waals surface area (Å²) in [7, 11) is 0. The fraction of sp³-hybridized carbons (Fsp3) is 0.357. The lowest BCUT2D eigenvalue weighted by molar-refractivity contribution is 0.0701. The molecule has 20 heavy (non-hydrogen) atoms. The summed E-state index contributed by atoms with van der Waals surface area (Å²) in [6, 6.07) is 4.68. The molecule has 0 spiro atoms. The summed E-state index contributed by atoms with van der Waals surface area (Å²) in [6.07, 6.45) is 0. The third kappa shape index (κ3) is 3.15. The van der Waals surface area contributed by atoms with Crippen molar-refractivity contribution in [1.82, 2.24) is 5.32 Å². The molecule has 0 aliphatic heterocycles. The zero-order valence-corrected chi connectivity index (χ0v) is 11.9. The molecule has 0 saturated heterocycles. The molecule has 0 bridgehead atoms. The Morgan fingerprint density at radius 1 is 1.50 bits per heavy atom. The highest BCUT2D eigenvalue weighted by Crippen LogP contribution is 2.33. The van der Waals surface area contributed by atoms with Gasteiger partial charge < -0.3 is 15.2 Å². The first kappa shape index (κ1) is 14.9. The number of carboxylic acid groups (broad SMARTS) is 1. The maximum absolute atomic E-state index is 13.9.